The van der Waals surface area contributed by atoms with Gasteiger partial charge in [-0.25, -0.2) is 0 Å². The number of carbonyl (C=O) groups is 1. The molecule has 0 aromatic heterocycles. The third-order valence-corrected chi connectivity index (χ3v) is 4.11. The molecule has 2 rings (SSSR count). The number of hydrogen-bond donors (Lipinski definition) is 0. The molecule has 0 bridgehead atoms. The molecule has 1 aliphatic heterocycles. The summed E-state index contributed by atoms with van der Waals surface area (Å²) in [4.78, 5) is 15.0. The van der Waals surface area contributed by atoms with Gasteiger partial charge >= 0.3 is 0 Å². The molecule has 1 unspecified atom stereocenters. The summed E-state index contributed by atoms with van der Waals surface area (Å²) in [6, 6.07) is 10.2. The largest absolute Gasteiger partial charge is 0.292 e. The van der Waals surface area contributed by atoms with Crippen molar-refractivity contribution >= 4 is 5.78 Å². The van der Waals surface area contributed by atoms with Gasteiger partial charge in [-0.05, 0) is 40.2 Å². The van der Waals surface area contributed by atoms with Crippen molar-refractivity contribution in [3.8, 4) is 0 Å². The van der Waals surface area contributed by atoms with Gasteiger partial charge in [0.05, 0.1) is 5.54 Å². The standard InChI is InChI=1S/C16H23NO/c1-13-9-7-8-12-17(13)16(2,3)15(18)14-10-5-4-6-11-14/h4-6,10-11,13H,7-9,12H2,1-3H3. The summed E-state index contributed by atoms with van der Waals surface area (Å²) in [7, 11) is 0. The number of ketones is 1. The molecule has 0 saturated carbocycles. The van der Waals surface area contributed by atoms with Crippen LogP contribution in [0.15, 0.2) is 30.3 Å². The maximum absolute atomic E-state index is 12.7. The predicted molar refractivity (Wildman–Crippen MR) is 74.9 cm³/mol. The number of benzene rings is 1. The number of carbonyl (C=O) groups excluding carboxylic acids is 1. The van der Waals surface area contributed by atoms with Crippen molar-refractivity contribution in [3.05, 3.63) is 35.9 Å². The lowest BCUT2D eigenvalue weighted by atomic mass is 9.87. The first-order valence-corrected chi connectivity index (χ1v) is 6.90. The summed E-state index contributed by atoms with van der Waals surface area (Å²) in [6.45, 7) is 7.39. The number of hydrogen-bond acceptors (Lipinski definition) is 2. The Morgan fingerprint density at radius 3 is 2.50 bits per heavy atom. The summed E-state index contributed by atoms with van der Waals surface area (Å²) in [5, 5.41) is 0. The molecule has 0 spiro atoms. The van der Waals surface area contributed by atoms with E-state index in [1.807, 2.05) is 30.3 Å². The molecule has 98 valence electrons. The Labute approximate surface area is 110 Å². The Bertz CT molecular complexity index is 410. The van der Waals surface area contributed by atoms with Crippen molar-refractivity contribution in [1.82, 2.24) is 4.90 Å². The van der Waals surface area contributed by atoms with Gasteiger partial charge in [0.25, 0.3) is 0 Å². The van der Waals surface area contributed by atoms with Gasteiger partial charge in [-0.2, -0.15) is 0 Å². The van der Waals surface area contributed by atoms with Crippen LogP contribution in [-0.4, -0.2) is 28.8 Å². The lowest BCUT2D eigenvalue weighted by molar-refractivity contribution is 0.0383. The molecule has 1 atom stereocenters. The van der Waals surface area contributed by atoms with Crippen LogP contribution in [-0.2, 0) is 0 Å². The zero-order valence-electron chi connectivity index (χ0n) is 11.6. The normalized spacial score (nSPS) is 21.8. The molecule has 2 nitrogen and oxygen atoms in total. The van der Waals surface area contributed by atoms with E-state index < -0.39 is 5.54 Å². The number of rotatable bonds is 3. The molecule has 1 fully saturated rings. The Hall–Kier alpha value is -1.15. The minimum Gasteiger partial charge on any atom is -0.292 e. The van der Waals surface area contributed by atoms with Gasteiger partial charge in [-0.1, -0.05) is 36.8 Å². The van der Waals surface area contributed by atoms with Gasteiger partial charge in [-0.3, -0.25) is 9.69 Å². The second kappa shape index (κ2) is 5.23. The van der Waals surface area contributed by atoms with Crippen LogP contribution in [0.2, 0.25) is 0 Å². The van der Waals surface area contributed by atoms with Crippen molar-refractivity contribution in [2.75, 3.05) is 6.54 Å². The van der Waals surface area contributed by atoms with Crippen LogP contribution in [0.5, 0.6) is 0 Å². The first-order chi connectivity index (χ1) is 8.53. The summed E-state index contributed by atoms with van der Waals surface area (Å²) in [5.74, 6) is 0.233. The molecule has 0 aliphatic carbocycles. The molecule has 1 aliphatic rings. The van der Waals surface area contributed by atoms with E-state index in [0.29, 0.717) is 6.04 Å². The van der Waals surface area contributed by atoms with E-state index in [1.165, 1.54) is 19.3 Å². The Morgan fingerprint density at radius 1 is 1.22 bits per heavy atom. The molecule has 0 N–H and O–H groups in total. The van der Waals surface area contributed by atoms with Gasteiger partial charge < -0.3 is 0 Å². The van der Waals surface area contributed by atoms with Crippen molar-refractivity contribution in [3.63, 3.8) is 0 Å². The molecular weight excluding hydrogens is 222 g/mol. The summed E-state index contributed by atoms with van der Waals surface area (Å²) >= 11 is 0. The average Bonchev–Trinajstić information content (AvgIpc) is 2.39. The first kappa shape index (κ1) is 13.3. The average molecular weight is 245 g/mol. The summed E-state index contributed by atoms with van der Waals surface area (Å²) in [6.07, 6.45) is 3.69. The van der Waals surface area contributed by atoms with Gasteiger partial charge in [0.15, 0.2) is 5.78 Å². The minimum atomic E-state index is -0.402. The van der Waals surface area contributed by atoms with Crippen LogP contribution < -0.4 is 0 Å². The molecule has 1 saturated heterocycles. The van der Waals surface area contributed by atoms with E-state index in [4.69, 9.17) is 0 Å². The summed E-state index contributed by atoms with van der Waals surface area (Å²) in [5.41, 5.74) is 0.418. The van der Waals surface area contributed by atoms with E-state index in [1.54, 1.807) is 0 Å². The highest BCUT2D eigenvalue weighted by molar-refractivity contribution is 6.02. The second-order valence-electron chi connectivity index (χ2n) is 5.79. The highest BCUT2D eigenvalue weighted by Gasteiger charge is 2.38. The lowest BCUT2D eigenvalue weighted by Gasteiger charge is -2.44. The monoisotopic (exact) mass is 245 g/mol. The molecule has 1 aromatic rings. The van der Waals surface area contributed by atoms with Gasteiger partial charge in [0.2, 0.25) is 0 Å². The van der Waals surface area contributed by atoms with E-state index >= 15 is 0 Å². The number of likely N-dealkylation sites (tertiary alicyclic amines) is 1. The molecule has 1 heterocycles. The number of nitrogens with zero attached hydrogens (tertiary/aromatic N) is 1. The zero-order valence-corrected chi connectivity index (χ0v) is 11.6. The zero-order chi connectivity index (χ0) is 13.2. The van der Waals surface area contributed by atoms with Crippen molar-refractivity contribution in [1.29, 1.82) is 0 Å². The van der Waals surface area contributed by atoms with Crippen molar-refractivity contribution in [2.45, 2.75) is 51.6 Å². The Balaban J connectivity index is 2.22. The quantitative estimate of drug-likeness (QED) is 0.759. The molecule has 0 amide bonds. The van der Waals surface area contributed by atoms with Gasteiger partial charge in [0.1, 0.15) is 0 Å². The van der Waals surface area contributed by atoms with Crippen molar-refractivity contribution < 1.29 is 4.79 Å². The van der Waals surface area contributed by atoms with Gasteiger partial charge in [-0.15, -0.1) is 0 Å². The fourth-order valence-electron chi connectivity index (χ4n) is 3.00. The molecule has 2 heteroatoms. The van der Waals surface area contributed by atoms with Crippen LogP contribution in [0.1, 0.15) is 50.4 Å². The van der Waals surface area contributed by atoms with Crippen molar-refractivity contribution in [2.24, 2.45) is 0 Å². The fraction of sp³-hybridized carbons (Fsp3) is 0.562. The Kier molecular flexibility index (Phi) is 3.86. The topological polar surface area (TPSA) is 20.3 Å². The second-order valence-corrected chi connectivity index (χ2v) is 5.79. The SMILES string of the molecule is CC1CCCCN1C(C)(C)C(=O)c1ccccc1. The maximum Gasteiger partial charge on any atom is 0.182 e. The minimum absolute atomic E-state index is 0.233. The van der Waals surface area contributed by atoms with E-state index in [9.17, 15) is 4.79 Å². The Morgan fingerprint density at radius 2 is 1.89 bits per heavy atom. The fourth-order valence-corrected chi connectivity index (χ4v) is 3.00. The van der Waals surface area contributed by atoms with E-state index in [0.717, 1.165) is 12.1 Å². The predicted octanol–water partition coefficient (Wildman–Crippen LogP) is 3.52. The van der Waals surface area contributed by atoms with E-state index in [-0.39, 0.29) is 5.78 Å². The maximum atomic E-state index is 12.7. The molecule has 1 aromatic carbocycles. The smallest absolute Gasteiger partial charge is 0.182 e. The molecule has 18 heavy (non-hydrogen) atoms. The number of Topliss-reactive ketones (excluding diaryl/α,β-unsaturated/α-hetero) is 1. The van der Waals surface area contributed by atoms with Crippen LogP contribution in [0, 0.1) is 0 Å². The third kappa shape index (κ3) is 2.49. The number of piperidine rings is 1. The highest BCUT2D eigenvalue weighted by atomic mass is 16.1. The molecular formula is C16H23NO. The van der Waals surface area contributed by atoms with Crippen LogP contribution >= 0.6 is 0 Å². The van der Waals surface area contributed by atoms with Gasteiger partial charge in [0, 0.05) is 11.6 Å². The first-order valence-electron chi connectivity index (χ1n) is 6.90. The lowest BCUT2D eigenvalue weighted by Crippen LogP contribution is -2.55. The van der Waals surface area contributed by atoms with Crippen LogP contribution in [0.25, 0.3) is 0 Å². The molecule has 0 radical (unpaired) electrons. The summed E-state index contributed by atoms with van der Waals surface area (Å²) < 4.78 is 0. The van der Waals surface area contributed by atoms with Crippen LogP contribution in [0.3, 0.4) is 0 Å². The third-order valence-electron chi connectivity index (χ3n) is 4.11. The highest BCUT2D eigenvalue weighted by Crippen LogP contribution is 2.28. The van der Waals surface area contributed by atoms with Crippen LogP contribution in [0.4, 0.5) is 0 Å². The van der Waals surface area contributed by atoms with E-state index in [2.05, 4.69) is 25.7 Å².